The number of nitrogens with zero attached hydrogens (tertiary/aromatic N) is 5. The molecule has 0 spiro atoms. The Morgan fingerprint density at radius 2 is 2.06 bits per heavy atom. The number of carbonyl (C=O) groups excluding carboxylic acids is 1. The number of hydrogen-bond donors (Lipinski definition) is 0. The lowest BCUT2D eigenvalue weighted by molar-refractivity contribution is -0.119. The fourth-order valence-corrected chi connectivity index (χ4v) is 4.74. The minimum Gasteiger partial charge on any atom is -0.492 e. The van der Waals surface area contributed by atoms with Crippen molar-refractivity contribution < 1.29 is 14.3 Å². The number of morpholine rings is 1. The summed E-state index contributed by atoms with van der Waals surface area (Å²) in [5.41, 5.74) is 1.76. The van der Waals surface area contributed by atoms with Crippen LogP contribution in [-0.2, 0) is 16.1 Å². The van der Waals surface area contributed by atoms with Crippen LogP contribution in [0.15, 0.2) is 29.3 Å². The van der Waals surface area contributed by atoms with Gasteiger partial charge in [0.1, 0.15) is 17.8 Å². The third kappa shape index (κ3) is 5.23. The molecule has 33 heavy (non-hydrogen) atoms. The molecule has 1 aromatic carbocycles. The lowest BCUT2D eigenvalue weighted by Gasteiger charge is -2.29. The van der Waals surface area contributed by atoms with Crippen LogP contribution in [0, 0.1) is 13.8 Å². The van der Waals surface area contributed by atoms with Gasteiger partial charge in [0.25, 0.3) is 5.56 Å². The van der Waals surface area contributed by atoms with Crippen LogP contribution in [0.25, 0.3) is 10.2 Å². The second-order valence-electron chi connectivity index (χ2n) is 7.92. The lowest BCUT2D eigenvalue weighted by Crippen LogP contribution is -2.44. The number of benzene rings is 1. The van der Waals surface area contributed by atoms with Gasteiger partial charge in [0.15, 0.2) is 5.13 Å². The number of aromatic nitrogens is 3. The smallest absolute Gasteiger partial charge is 0.256 e. The number of hydrogen-bond acceptors (Lipinski definition) is 8. The molecular formula is C23H29N5O4S. The molecule has 10 heteroatoms. The largest absolute Gasteiger partial charge is 0.492 e. The predicted molar refractivity (Wildman–Crippen MR) is 128 cm³/mol. The number of amides is 1. The summed E-state index contributed by atoms with van der Waals surface area (Å²) in [6, 6.07) is 5.78. The van der Waals surface area contributed by atoms with Gasteiger partial charge >= 0.3 is 0 Å². The standard InChI is InChI=1S/C23H29N5O4S/c1-4-32-18-6-5-7-19-21(18)25-23(33-19)28(9-8-26-10-12-31-13-11-26)20(29)14-27-15-24-17(3)16(2)22(27)30/h5-7,15H,4,8-14H2,1-3H3. The van der Waals surface area contributed by atoms with E-state index < -0.39 is 0 Å². The Labute approximate surface area is 196 Å². The van der Waals surface area contributed by atoms with E-state index in [1.807, 2.05) is 25.1 Å². The molecule has 0 saturated carbocycles. The lowest BCUT2D eigenvalue weighted by atomic mass is 10.3. The van der Waals surface area contributed by atoms with Crippen molar-refractivity contribution in [1.82, 2.24) is 19.4 Å². The Hall–Kier alpha value is -2.82. The van der Waals surface area contributed by atoms with Gasteiger partial charge in [-0.25, -0.2) is 9.97 Å². The molecule has 1 saturated heterocycles. The van der Waals surface area contributed by atoms with E-state index in [1.165, 1.54) is 22.2 Å². The van der Waals surface area contributed by atoms with Crippen molar-refractivity contribution in [2.75, 3.05) is 50.9 Å². The van der Waals surface area contributed by atoms with Crippen molar-refractivity contribution in [2.24, 2.45) is 0 Å². The van der Waals surface area contributed by atoms with Crippen LogP contribution in [0.3, 0.4) is 0 Å². The highest BCUT2D eigenvalue weighted by molar-refractivity contribution is 7.22. The molecule has 3 aromatic rings. The SMILES string of the molecule is CCOc1cccc2sc(N(CCN3CCOCC3)C(=O)Cn3cnc(C)c(C)c3=O)nc12. The summed E-state index contributed by atoms with van der Waals surface area (Å²) >= 11 is 1.45. The summed E-state index contributed by atoms with van der Waals surface area (Å²) in [5.74, 6) is 0.500. The molecule has 1 aliphatic heterocycles. The highest BCUT2D eigenvalue weighted by Crippen LogP contribution is 2.34. The molecule has 1 aliphatic rings. The third-order valence-corrected chi connectivity index (χ3v) is 6.81. The monoisotopic (exact) mass is 471 g/mol. The zero-order valence-corrected chi connectivity index (χ0v) is 20.1. The molecule has 0 unspecified atom stereocenters. The van der Waals surface area contributed by atoms with Gasteiger partial charge in [0.2, 0.25) is 5.91 Å². The first-order valence-electron chi connectivity index (χ1n) is 11.1. The number of anilines is 1. The van der Waals surface area contributed by atoms with Crippen LogP contribution in [0.2, 0.25) is 0 Å². The molecular weight excluding hydrogens is 442 g/mol. The quantitative estimate of drug-likeness (QED) is 0.498. The number of carbonyl (C=O) groups is 1. The first kappa shape index (κ1) is 23.3. The number of ether oxygens (including phenoxy) is 2. The van der Waals surface area contributed by atoms with Gasteiger partial charge in [-0.05, 0) is 32.9 Å². The van der Waals surface area contributed by atoms with Crippen LogP contribution in [0.1, 0.15) is 18.2 Å². The summed E-state index contributed by atoms with van der Waals surface area (Å²) in [5, 5.41) is 0.597. The maximum absolute atomic E-state index is 13.5. The summed E-state index contributed by atoms with van der Waals surface area (Å²) in [4.78, 5) is 39.1. The number of thiazole rings is 1. The molecule has 176 valence electrons. The molecule has 1 amide bonds. The van der Waals surface area contributed by atoms with E-state index in [0.717, 1.165) is 23.3 Å². The maximum Gasteiger partial charge on any atom is 0.256 e. The number of aryl methyl sites for hydroxylation is 1. The molecule has 9 nitrogen and oxygen atoms in total. The van der Waals surface area contributed by atoms with Crippen LogP contribution in [0.4, 0.5) is 5.13 Å². The molecule has 0 atom stereocenters. The second-order valence-corrected chi connectivity index (χ2v) is 8.93. The van der Waals surface area contributed by atoms with E-state index in [4.69, 9.17) is 14.5 Å². The normalized spacial score (nSPS) is 14.5. The molecule has 4 rings (SSSR count). The minimum absolute atomic E-state index is 0.0929. The Balaban J connectivity index is 1.63. The average Bonchev–Trinajstić information content (AvgIpc) is 3.25. The van der Waals surface area contributed by atoms with E-state index in [9.17, 15) is 9.59 Å². The summed E-state index contributed by atoms with van der Waals surface area (Å²) in [6.45, 7) is 10.1. The van der Waals surface area contributed by atoms with Crippen molar-refractivity contribution in [3.8, 4) is 5.75 Å². The Bertz CT molecular complexity index is 1190. The van der Waals surface area contributed by atoms with Gasteiger partial charge in [-0.3, -0.25) is 24.0 Å². The molecule has 0 aliphatic carbocycles. The van der Waals surface area contributed by atoms with Gasteiger partial charge < -0.3 is 9.47 Å². The summed E-state index contributed by atoms with van der Waals surface area (Å²) < 4.78 is 13.5. The van der Waals surface area contributed by atoms with Crippen molar-refractivity contribution in [3.63, 3.8) is 0 Å². The molecule has 3 heterocycles. The Morgan fingerprint density at radius 3 is 2.82 bits per heavy atom. The first-order valence-corrected chi connectivity index (χ1v) is 11.9. The van der Waals surface area contributed by atoms with Crippen molar-refractivity contribution in [3.05, 3.63) is 46.1 Å². The highest BCUT2D eigenvalue weighted by atomic mass is 32.1. The van der Waals surface area contributed by atoms with E-state index >= 15 is 0 Å². The topological polar surface area (TPSA) is 89.8 Å². The van der Waals surface area contributed by atoms with Gasteiger partial charge in [-0.1, -0.05) is 17.4 Å². The summed E-state index contributed by atoms with van der Waals surface area (Å²) in [7, 11) is 0. The molecule has 0 bridgehead atoms. The highest BCUT2D eigenvalue weighted by Gasteiger charge is 2.23. The fraction of sp³-hybridized carbons (Fsp3) is 0.478. The van der Waals surface area contributed by atoms with Crippen molar-refractivity contribution in [2.45, 2.75) is 27.3 Å². The minimum atomic E-state index is -0.202. The second kappa shape index (κ2) is 10.4. The van der Waals surface area contributed by atoms with Gasteiger partial charge in [0, 0.05) is 37.4 Å². The van der Waals surface area contributed by atoms with Crippen molar-refractivity contribution in [1.29, 1.82) is 0 Å². The fourth-order valence-electron chi connectivity index (χ4n) is 3.71. The molecule has 2 aromatic heterocycles. The molecule has 1 fully saturated rings. The Kier molecular flexibility index (Phi) is 7.36. The zero-order valence-electron chi connectivity index (χ0n) is 19.2. The van der Waals surface area contributed by atoms with Gasteiger partial charge in [-0.15, -0.1) is 0 Å². The summed E-state index contributed by atoms with van der Waals surface area (Å²) in [6.07, 6.45) is 1.44. The van der Waals surface area contributed by atoms with E-state index in [1.54, 1.807) is 18.7 Å². The van der Waals surface area contributed by atoms with Crippen LogP contribution in [-0.4, -0.2) is 71.3 Å². The molecule has 0 N–H and O–H groups in total. The number of rotatable bonds is 8. The first-order chi connectivity index (χ1) is 16.0. The van der Waals surface area contributed by atoms with Crippen LogP contribution < -0.4 is 15.2 Å². The Morgan fingerprint density at radius 1 is 1.27 bits per heavy atom. The predicted octanol–water partition coefficient (Wildman–Crippen LogP) is 2.23. The number of fused-ring (bicyclic) bond motifs is 1. The van der Waals surface area contributed by atoms with E-state index in [-0.39, 0.29) is 18.0 Å². The third-order valence-electron chi connectivity index (χ3n) is 5.77. The van der Waals surface area contributed by atoms with E-state index in [2.05, 4.69) is 9.88 Å². The van der Waals surface area contributed by atoms with Crippen molar-refractivity contribution >= 4 is 32.6 Å². The molecule has 0 radical (unpaired) electrons. The number of para-hydroxylation sites is 1. The maximum atomic E-state index is 13.5. The van der Waals surface area contributed by atoms with Crippen LogP contribution in [0.5, 0.6) is 5.75 Å². The van der Waals surface area contributed by atoms with Gasteiger partial charge in [0.05, 0.1) is 30.8 Å². The van der Waals surface area contributed by atoms with Gasteiger partial charge in [-0.2, -0.15) is 0 Å². The average molecular weight is 472 g/mol. The van der Waals surface area contributed by atoms with Crippen LogP contribution >= 0.6 is 11.3 Å². The zero-order chi connectivity index (χ0) is 23.4. The van der Waals surface area contributed by atoms with E-state index in [0.29, 0.717) is 55.0 Å².